The van der Waals surface area contributed by atoms with Crippen LogP contribution in [0.25, 0.3) is 0 Å². The molecule has 2 N–H and O–H groups in total. The molecule has 3 atom stereocenters. The van der Waals surface area contributed by atoms with Crippen LogP contribution < -0.4 is 0 Å². The first-order chi connectivity index (χ1) is 6.52. The van der Waals surface area contributed by atoms with Gasteiger partial charge in [-0.05, 0) is 12.8 Å². The van der Waals surface area contributed by atoms with Gasteiger partial charge in [0.25, 0.3) is 0 Å². The molecular formula is C9H11NO4. The third-order valence-corrected chi connectivity index (χ3v) is 3.23. The van der Waals surface area contributed by atoms with E-state index in [2.05, 4.69) is 6.58 Å². The number of piperidine rings is 1. The number of carboxylic acid groups (broad SMARTS) is 2. The minimum atomic E-state index is -1.15. The topological polar surface area (TPSA) is 77.8 Å². The van der Waals surface area contributed by atoms with Crippen molar-refractivity contribution >= 4 is 12.1 Å². The van der Waals surface area contributed by atoms with E-state index in [-0.39, 0.29) is 11.5 Å². The number of fused-ring (bicyclic) bond motifs is 1. The van der Waals surface area contributed by atoms with Crippen LogP contribution in [0.1, 0.15) is 12.8 Å². The molecule has 0 aromatic rings. The molecule has 0 aromatic heterocycles. The maximum Gasteiger partial charge on any atom is 0.408 e. The van der Waals surface area contributed by atoms with Crippen LogP contribution in [0.5, 0.6) is 0 Å². The number of aliphatic carboxylic acids is 1. The Bertz CT molecular complexity index is 327. The SMILES string of the molecule is C=C[C@@]12C[C@@H](C(=O)O)N(C(=O)O)[C@@H]1C2. The number of nitrogens with zero attached hydrogens (tertiary/aromatic N) is 1. The normalized spacial score (nSPS) is 39.0. The Morgan fingerprint density at radius 2 is 2.07 bits per heavy atom. The van der Waals surface area contributed by atoms with Gasteiger partial charge in [-0.25, -0.2) is 9.59 Å². The van der Waals surface area contributed by atoms with Crippen LogP contribution in [0.2, 0.25) is 0 Å². The number of hydrogen-bond acceptors (Lipinski definition) is 2. The third kappa shape index (κ3) is 0.950. The van der Waals surface area contributed by atoms with E-state index in [0.717, 1.165) is 4.90 Å². The van der Waals surface area contributed by atoms with Gasteiger partial charge in [-0.15, -0.1) is 6.58 Å². The van der Waals surface area contributed by atoms with E-state index in [1.54, 1.807) is 6.08 Å². The van der Waals surface area contributed by atoms with E-state index in [1.807, 2.05) is 0 Å². The molecule has 1 saturated heterocycles. The second-order valence-corrected chi connectivity index (χ2v) is 3.91. The molecule has 0 aromatic carbocycles. The van der Waals surface area contributed by atoms with Crippen molar-refractivity contribution < 1.29 is 19.8 Å². The Morgan fingerprint density at radius 3 is 2.43 bits per heavy atom. The molecule has 2 rings (SSSR count). The van der Waals surface area contributed by atoms with Gasteiger partial charge in [0.2, 0.25) is 0 Å². The standard InChI is InChI=1S/C9H11NO4/c1-2-9-3-5(7(11)12)10(8(13)14)6(9)4-9/h2,5-6H,1,3-4H2,(H,11,12)(H,13,14)/t5-,6+,9-/m0/s1. The summed E-state index contributed by atoms with van der Waals surface area (Å²) >= 11 is 0. The molecule has 1 aliphatic carbocycles. The van der Waals surface area contributed by atoms with Crippen LogP contribution in [0, 0.1) is 5.41 Å². The molecule has 2 aliphatic rings. The van der Waals surface area contributed by atoms with Crippen molar-refractivity contribution in [1.29, 1.82) is 0 Å². The summed E-state index contributed by atoms with van der Waals surface area (Å²) in [4.78, 5) is 22.7. The zero-order valence-electron chi connectivity index (χ0n) is 7.51. The highest BCUT2D eigenvalue weighted by atomic mass is 16.4. The van der Waals surface area contributed by atoms with E-state index >= 15 is 0 Å². The number of hydrogen-bond donors (Lipinski definition) is 2. The second kappa shape index (κ2) is 2.50. The van der Waals surface area contributed by atoms with Crippen molar-refractivity contribution in [2.45, 2.75) is 24.9 Å². The van der Waals surface area contributed by atoms with Crippen molar-refractivity contribution in [2.75, 3.05) is 0 Å². The maximum absolute atomic E-state index is 10.8. The minimum absolute atomic E-state index is 0.168. The molecule has 76 valence electrons. The Labute approximate surface area is 80.6 Å². The second-order valence-electron chi connectivity index (χ2n) is 3.91. The molecule has 5 heteroatoms. The lowest BCUT2D eigenvalue weighted by atomic mass is 10.0. The molecule has 1 heterocycles. The monoisotopic (exact) mass is 197 g/mol. The van der Waals surface area contributed by atoms with Crippen molar-refractivity contribution in [1.82, 2.24) is 4.90 Å². The predicted molar refractivity (Wildman–Crippen MR) is 46.9 cm³/mol. The van der Waals surface area contributed by atoms with Gasteiger partial charge >= 0.3 is 12.1 Å². The van der Waals surface area contributed by atoms with Gasteiger partial charge < -0.3 is 10.2 Å². The van der Waals surface area contributed by atoms with Gasteiger partial charge in [0.15, 0.2) is 0 Å². The number of amides is 1. The van der Waals surface area contributed by atoms with E-state index in [9.17, 15) is 9.59 Å². The highest BCUT2D eigenvalue weighted by Crippen LogP contribution is 2.60. The van der Waals surface area contributed by atoms with Gasteiger partial charge in [-0.3, -0.25) is 4.90 Å². The summed E-state index contributed by atoms with van der Waals surface area (Å²) in [5.74, 6) is -1.07. The van der Waals surface area contributed by atoms with Crippen LogP contribution in [0.15, 0.2) is 12.7 Å². The van der Waals surface area contributed by atoms with E-state index in [1.165, 1.54) is 0 Å². The quantitative estimate of drug-likeness (QED) is 0.641. The summed E-state index contributed by atoms with van der Waals surface area (Å²) in [6.07, 6.45) is 1.62. The molecule has 0 bridgehead atoms. The van der Waals surface area contributed by atoms with Crippen molar-refractivity contribution in [2.24, 2.45) is 5.41 Å². The van der Waals surface area contributed by atoms with Gasteiger partial charge in [0.1, 0.15) is 6.04 Å². The first kappa shape index (κ1) is 9.05. The summed E-state index contributed by atoms with van der Waals surface area (Å²) in [7, 11) is 0. The highest BCUT2D eigenvalue weighted by Gasteiger charge is 2.66. The van der Waals surface area contributed by atoms with E-state index in [4.69, 9.17) is 10.2 Å². The van der Waals surface area contributed by atoms with Crippen LogP contribution in [0.3, 0.4) is 0 Å². The largest absolute Gasteiger partial charge is 0.480 e. The highest BCUT2D eigenvalue weighted by molar-refractivity contribution is 5.81. The van der Waals surface area contributed by atoms with Crippen LogP contribution in [-0.4, -0.2) is 39.3 Å². The lowest BCUT2D eigenvalue weighted by Gasteiger charge is -2.20. The Balaban J connectivity index is 2.26. The minimum Gasteiger partial charge on any atom is -0.480 e. The van der Waals surface area contributed by atoms with Crippen LogP contribution >= 0.6 is 0 Å². The van der Waals surface area contributed by atoms with Crippen LogP contribution in [-0.2, 0) is 4.79 Å². The Hall–Kier alpha value is -1.52. The van der Waals surface area contributed by atoms with Gasteiger partial charge in [-0.1, -0.05) is 6.08 Å². The summed E-state index contributed by atoms with van der Waals surface area (Å²) in [6, 6.07) is -1.07. The van der Waals surface area contributed by atoms with Crippen LogP contribution in [0.4, 0.5) is 4.79 Å². The first-order valence-corrected chi connectivity index (χ1v) is 4.39. The number of carbonyl (C=O) groups is 2. The van der Waals surface area contributed by atoms with Gasteiger partial charge in [-0.2, -0.15) is 0 Å². The molecule has 5 nitrogen and oxygen atoms in total. The molecule has 0 radical (unpaired) electrons. The van der Waals surface area contributed by atoms with E-state index in [0.29, 0.717) is 12.8 Å². The summed E-state index contributed by atoms with van der Waals surface area (Å²) in [5.41, 5.74) is -0.262. The fourth-order valence-electron chi connectivity index (χ4n) is 2.35. The average Bonchev–Trinajstić information content (AvgIpc) is 2.71. The Morgan fingerprint density at radius 1 is 1.43 bits per heavy atom. The molecule has 14 heavy (non-hydrogen) atoms. The summed E-state index contributed by atoms with van der Waals surface area (Å²) in [5, 5.41) is 17.7. The summed E-state index contributed by atoms with van der Waals surface area (Å²) in [6.45, 7) is 3.63. The fourth-order valence-corrected chi connectivity index (χ4v) is 2.35. The smallest absolute Gasteiger partial charge is 0.408 e. The molecule has 0 unspecified atom stereocenters. The lowest BCUT2D eigenvalue weighted by molar-refractivity contribution is -0.142. The lowest BCUT2D eigenvalue weighted by Crippen LogP contribution is -2.42. The average molecular weight is 197 g/mol. The number of likely N-dealkylation sites (tertiary alicyclic amines) is 1. The molecule has 1 saturated carbocycles. The molecule has 2 fully saturated rings. The molecule has 1 amide bonds. The van der Waals surface area contributed by atoms with E-state index < -0.39 is 18.1 Å². The predicted octanol–water partition coefficient (Wildman–Crippen LogP) is 0.768. The maximum atomic E-state index is 10.8. The zero-order chi connectivity index (χ0) is 10.5. The number of rotatable bonds is 2. The van der Waals surface area contributed by atoms with Crippen molar-refractivity contribution in [3.63, 3.8) is 0 Å². The molecular weight excluding hydrogens is 186 g/mol. The molecule has 1 aliphatic heterocycles. The van der Waals surface area contributed by atoms with Gasteiger partial charge in [0.05, 0.1) is 0 Å². The number of carboxylic acids is 1. The molecule has 0 spiro atoms. The zero-order valence-corrected chi connectivity index (χ0v) is 7.51. The van der Waals surface area contributed by atoms with Crippen molar-refractivity contribution in [3.05, 3.63) is 12.7 Å². The Kier molecular flexibility index (Phi) is 1.61. The fraction of sp³-hybridized carbons (Fsp3) is 0.556. The first-order valence-electron chi connectivity index (χ1n) is 4.39. The third-order valence-electron chi connectivity index (χ3n) is 3.23. The summed E-state index contributed by atoms with van der Waals surface area (Å²) < 4.78 is 0. The van der Waals surface area contributed by atoms with Gasteiger partial charge in [0, 0.05) is 11.5 Å². The van der Waals surface area contributed by atoms with Crippen molar-refractivity contribution in [3.8, 4) is 0 Å².